The SMILES string of the molecule is Cc1cccc(OCC(=O)Nc2cc(N)ccc2N2CCCC[C@@H]2C)c1. The summed E-state index contributed by atoms with van der Waals surface area (Å²) in [6, 6.07) is 13.8. The van der Waals surface area contributed by atoms with E-state index in [-0.39, 0.29) is 12.5 Å². The van der Waals surface area contributed by atoms with Gasteiger partial charge in [-0.15, -0.1) is 0 Å². The molecule has 138 valence electrons. The number of ether oxygens (including phenoxy) is 1. The van der Waals surface area contributed by atoms with Gasteiger partial charge in [0, 0.05) is 18.3 Å². The molecule has 1 aliphatic heterocycles. The molecule has 1 heterocycles. The minimum Gasteiger partial charge on any atom is -0.484 e. The molecule has 5 nitrogen and oxygen atoms in total. The van der Waals surface area contributed by atoms with Gasteiger partial charge in [-0.05, 0) is 69.0 Å². The second kappa shape index (κ2) is 8.13. The molecule has 1 aliphatic rings. The van der Waals surface area contributed by atoms with Crippen LogP contribution in [0, 0.1) is 6.92 Å². The van der Waals surface area contributed by atoms with Crippen molar-refractivity contribution >= 4 is 23.0 Å². The first-order valence-electron chi connectivity index (χ1n) is 9.18. The molecule has 0 aliphatic carbocycles. The Labute approximate surface area is 155 Å². The highest BCUT2D eigenvalue weighted by atomic mass is 16.5. The van der Waals surface area contributed by atoms with Crippen LogP contribution >= 0.6 is 0 Å². The molecule has 1 saturated heterocycles. The molecule has 26 heavy (non-hydrogen) atoms. The first kappa shape index (κ1) is 18.1. The third kappa shape index (κ3) is 4.48. The summed E-state index contributed by atoms with van der Waals surface area (Å²) in [6.07, 6.45) is 3.57. The van der Waals surface area contributed by atoms with E-state index in [1.807, 2.05) is 49.4 Å². The Bertz CT molecular complexity index is 776. The predicted molar refractivity (Wildman–Crippen MR) is 107 cm³/mol. The lowest BCUT2D eigenvalue weighted by atomic mass is 10.0. The number of nitrogen functional groups attached to an aromatic ring is 1. The van der Waals surface area contributed by atoms with E-state index in [1.54, 1.807) is 0 Å². The Morgan fingerprint density at radius 1 is 1.27 bits per heavy atom. The number of benzene rings is 2. The summed E-state index contributed by atoms with van der Waals surface area (Å²) in [7, 11) is 0. The minimum absolute atomic E-state index is 0.0345. The van der Waals surface area contributed by atoms with Gasteiger partial charge in [-0.2, -0.15) is 0 Å². The van der Waals surface area contributed by atoms with E-state index in [4.69, 9.17) is 10.5 Å². The molecule has 0 bridgehead atoms. The molecule has 0 spiro atoms. The van der Waals surface area contributed by atoms with E-state index in [9.17, 15) is 4.79 Å². The van der Waals surface area contributed by atoms with E-state index in [2.05, 4.69) is 17.1 Å². The number of nitrogens with one attached hydrogen (secondary N) is 1. The Morgan fingerprint density at radius 2 is 2.12 bits per heavy atom. The van der Waals surface area contributed by atoms with Gasteiger partial charge < -0.3 is 20.7 Å². The fourth-order valence-corrected chi connectivity index (χ4v) is 3.40. The third-order valence-electron chi connectivity index (χ3n) is 4.77. The van der Waals surface area contributed by atoms with Gasteiger partial charge >= 0.3 is 0 Å². The van der Waals surface area contributed by atoms with Gasteiger partial charge in [0.05, 0.1) is 11.4 Å². The fraction of sp³-hybridized carbons (Fsp3) is 0.381. The first-order valence-corrected chi connectivity index (χ1v) is 9.18. The molecule has 1 amide bonds. The van der Waals surface area contributed by atoms with Crippen molar-refractivity contribution < 1.29 is 9.53 Å². The number of piperidine rings is 1. The number of amides is 1. The molecule has 2 aromatic rings. The molecule has 3 rings (SSSR count). The van der Waals surface area contributed by atoms with Crippen LogP contribution in [-0.4, -0.2) is 25.1 Å². The monoisotopic (exact) mass is 353 g/mol. The van der Waals surface area contributed by atoms with Gasteiger partial charge in [-0.3, -0.25) is 4.79 Å². The van der Waals surface area contributed by atoms with Crippen LogP contribution in [0.25, 0.3) is 0 Å². The van der Waals surface area contributed by atoms with E-state index >= 15 is 0 Å². The number of carbonyl (C=O) groups is 1. The lowest BCUT2D eigenvalue weighted by Gasteiger charge is -2.36. The molecule has 2 aromatic carbocycles. The summed E-state index contributed by atoms with van der Waals surface area (Å²) in [6.45, 7) is 5.18. The molecular formula is C21H27N3O2. The number of nitrogens with two attached hydrogens (primary N) is 1. The quantitative estimate of drug-likeness (QED) is 0.798. The van der Waals surface area contributed by atoms with Gasteiger partial charge in [0.25, 0.3) is 5.91 Å². The van der Waals surface area contributed by atoms with E-state index in [0.29, 0.717) is 17.5 Å². The van der Waals surface area contributed by atoms with Crippen LogP contribution in [0.5, 0.6) is 5.75 Å². The van der Waals surface area contributed by atoms with Crippen molar-refractivity contribution in [3.63, 3.8) is 0 Å². The largest absolute Gasteiger partial charge is 0.484 e. The maximum atomic E-state index is 12.4. The van der Waals surface area contributed by atoms with Crippen LogP contribution in [0.2, 0.25) is 0 Å². The molecule has 0 saturated carbocycles. The molecule has 5 heteroatoms. The van der Waals surface area contributed by atoms with Crippen molar-refractivity contribution in [2.45, 2.75) is 39.2 Å². The Kier molecular flexibility index (Phi) is 5.66. The van der Waals surface area contributed by atoms with Crippen molar-refractivity contribution in [3.8, 4) is 5.75 Å². The summed E-state index contributed by atoms with van der Waals surface area (Å²) in [5.41, 5.74) is 9.45. The van der Waals surface area contributed by atoms with E-state index in [0.717, 1.165) is 29.9 Å². The van der Waals surface area contributed by atoms with Crippen molar-refractivity contribution in [2.24, 2.45) is 0 Å². The lowest BCUT2D eigenvalue weighted by molar-refractivity contribution is -0.118. The van der Waals surface area contributed by atoms with E-state index in [1.165, 1.54) is 12.8 Å². The number of hydrogen-bond donors (Lipinski definition) is 2. The van der Waals surface area contributed by atoms with Crippen molar-refractivity contribution in [1.29, 1.82) is 0 Å². The number of hydrogen-bond acceptors (Lipinski definition) is 4. The van der Waals surface area contributed by atoms with Gasteiger partial charge in [-0.25, -0.2) is 0 Å². The Morgan fingerprint density at radius 3 is 2.88 bits per heavy atom. The number of anilines is 3. The summed E-state index contributed by atoms with van der Waals surface area (Å²) in [4.78, 5) is 14.8. The number of nitrogens with zero attached hydrogens (tertiary/aromatic N) is 1. The molecule has 3 N–H and O–H groups in total. The summed E-state index contributed by atoms with van der Waals surface area (Å²) < 4.78 is 5.60. The maximum Gasteiger partial charge on any atom is 0.262 e. The molecule has 0 unspecified atom stereocenters. The highest BCUT2D eigenvalue weighted by Gasteiger charge is 2.21. The first-order chi connectivity index (χ1) is 12.5. The van der Waals surface area contributed by atoms with Gasteiger partial charge in [0.2, 0.25) is 0 Å². The summed E-state index contributed by atoms with van der Waals surface area (Å²) in [5, 5.41) is 2.97. The van der Waals surface area contributed by atoms with Gasteiger partial charge in [0.1, 0.15) is 5.75 Å². The highest BCUT2D eigenvalue weighted by Crippen LogP contribution is 2.33. The van der Waals surface area contributed by atoms with Gasteiger partial charge in [-0.1, -0.05) is 12.1 Å². The van der Waals surface area contributed by atoms with Crippen molar-refractivity contribution in [1.82, 2.24) is 0 Å². The molecule has 0 aromatic heterocycles. The van der Waals surface area contributed by atoms with E-state index < -0.39 is 0 Å². The fourth-order valence-electron chi connectivity index (χ4n) is 3.40. The zero-order valence-corrected chi connectivity index (χ0v) is 15.5. The Balaban J connectivity index is 1.70. The predicted octanol–water partition coefficient (Wildman–Crippen LogP) is 3.97. The van der Waals surface area contributed by atoms with Crippen molar-refractivity contribution in [3.05, 3.63) is 48.0 Å². The zero-order chi connectivity index (χ0) is 18.5. The van der Waals surface area contributed by atoms with Gasteiger partial charge in [0.15, 0.2) is 6.61 Å². The van der Waals surface area contributed by atoms with Crippen LogP contribution in [0.15, 0.2) is 42.5 Å². The zero-order valence-electron chi connectivity index (χ0n) is 15.5. The smallest absolute Gasteiger partial charge is 0.262 e. The molecule has 0 radical (unpaired) electrons. The molecule has 1 fully saturated rings. The minimum atomic E-state index is -0.192. The lowest BCUT2D eigenvalue weighted by Crippen LogP contribution is -2.38. The topological polar surface area (TPSA) is 67.6 Å². The van der Waals surface area contributed by atoms with Crippen molar-refractivity contribution in [2.75, 3.05) is 29.1 Å². The molecular weight excluding hydrogens is 326 g/mol. The standard InChI is InChI=1S/C21H27N3O2/c1-15-6-5-8-18(12-15)26-14-21(25)23-19-13-17(22)9-10-20(19)24-11-4-3-7-16(24)2/h5-6,8-10,12-13,16H,3-4,7,11,14,22H2,1-2H3,(H,23,25)/t16-/m0/s1. The Hall–Kier alpha value is -2.69. The van der Waals surface area contributed by atoms with Crippen LogP contribution in [0.3, 0.4) is 0 Å². The number of aryl methyl sites for hydroxylation is 1. The summed E-state index contributed by atoms with van der Waals surface area (Å²) in [5.74, 6) is 0.501. The number of carbonyl (C=O) groups excluding carboxylic acids is 1. The van der Waals surface area contributed by atoms with Crippen LogP contribution in [0.1, 0.15) is 31.7 Å². The third-order valence-corrected chi connectivity index (χ3v) is 4.77. The average Bonchev–Trinajstić information content (AvgIpc) is 2.61. The maximum absolute atomic E-state index is 12.4. The molecule has 1 atom stereocenters. The normalized spacial score (nSPS) is 17.0. The average molecular weight is 353 g/mol. The van der Waals surface area contributed by atoms with Crippen LogP contribution < -0.4 is 20.7 Å². The second-order valence-electron chi connectivity index (χ2n) is 6.97. The summed E-state index contributed by atoms with van der Waals surface area (Å²) >= 11 is 0. The highest BCUT2D eigenvalue weighted by molar-refractivity contribution is 5.96. The van der Waals surface area contributed by atoms with Crippen LogP contribution in [0.4, 0.5) is 17.1 Å². The second-order valence-corrected chi connectivity index (χ2v) is 6.97. The number of rotatable bonds is 5. The van der Waals surface area contributed by atoms with Crippen LogP contribution in [-0.2, 0) is 4.79 Å².